The molecule has 8 heteroatoms. The van der Waals surface area contributed by atoms with E-state index in [2.05, 4.69) is 4.90 Å². The summed E-state index contributed by atoms with van der Waals surface area (Å²) in [6.07, 6.45) is 1.24. The Labute approximate surface area is 124 Å². The normalized spacial score (nSPS) is 19.6. The van der Waals surface area contributed by atoms with E-state index in [0.717, 1.165) is 5.69 Å². The minimum Gasteiger partial charge on any atom is -0.486 e. The molecule has 2 aliphatic heterocycles. The number of nitrogens with zero attached hydrogens (tertiary/aromatic N) is 2. The molecule has 0 atom stereocenters. The second kappa shape index (κ2) is 5.27. The predicted molar refractivity (Wildman–Crippen MR) is 80.5 cm³/mol. The number of hydrogen-bond acceptors (Lipinski definition) is 6. The molecular formula is C13H19N3O4S. The highest BCUT2D eigenvalue weighted by Crippen LogP contribution is 2.38. The fourth-order valence-corrected chi connectivity index (χ4v) is 3.45. The van der Waals surface area contributed by atoms with Crippen molar-refractivity contribution in [3.63, 3.8) is 0 Å². The van der Waals surface area contributed by atoms with Crippen molar-refractivity contribution in [2.75, 3.05) is 56.3 Å². The van der Waals surface area contributed by atoms with Crippen molar-refractivity contribution in [2.24, 2.45) is 0 Å². The molecule has 0 aromatic heterocycles. The van der Waals surface area contributed by atoms with Crippen LogP contribution >= 0.6 is 0 Å². The molecule has 2 N–H and O–H groups in total. The minimum absolute atomic E-state index is 0.465. The SMILES string of the molecule is CS(=O)(=O)N1CCN(c2cc3c(cc2N)OCCO3)CC1. The molecule has 0 bridgehead atoms. The number of piperazine rings is 1. The van der Waals surface area contributed by atoms with Gasteiger partial charge in [-0.15, -0.1) is 0 Å². The summed E-state index contributed by atoms with van der Waals surface area (Å²) in [6.45, 7) is 3.20. The summed E-state index contributed by atoms with van der Waals surface area (Å²) in [5.41, 5.74) is 7.57. The molecule has 7 nitrogen and oxygen atoms in total. The lowest BCUT2D eigenvalue weighted by atomic mass is 10.2. The number of anilines is 2. The Hall–Kier alpha value is -1.67. The molecule has 0 aliphatic carbocycles. The van der Waals surface area contributed by atoms with Crippen molar-refractivity contribution in [3.8, 4) is 11.5 Å². The van der Waals surface area contributed by atoms with Gasteiger partial charge in [0.25, 0.3) is 0 Å². The second-order valence-electron chi connectivity index (χ2n) is 5.20. The fourth-order valence-electron chi connectivity index (χ4n) is 2.63. The second-order valence-corrected chi connectivity index (χ2v) is 7.19. The van der Waals surface area contributed by atoms with Crippen LogP contribution in [0.5, 0.6) is 11.5 Å². The summed E-state index contributed by atoms with van der Waals surface area (Å²) >= 11 is 0. The van der Waals surface area contributed by atoms with Gasteiger partial charge in [-0.3, -0.25) is 0 Å². The highest BCUT2D eigenvalue weighted by Gasteiger charge is 2.25. The molecule has 2 heterocycles. The quantitative estimate of drug-likeness (QED) is 0.781. The maximum Gasteiger partial charge on any atom is 0.211 e. The fraction of sp³-hybridized carbons (Fsp3) is 0.538. The third kappa shape index (κ3) is 2.86. The topological polar surface area (TPSA) is 85.1 Å². The van der Waals surface area contributed by atoms with Gasteiger partial charge in [-0.25, -0.2) is 8.42 Å². The Morgan fingerprint density at radius 2 is 1.62 bits per heavy atom. The van der Waals surface area contributed by atoms with Crippen molar-refractivity contribution in [3.05, 3.63) is 12.1 Å². The van der Waals surface area contributed by atoms with E-state index >= 15 is 0 Å². The van der Waals surface area contributed by atoms with Gasteiger partial charge in [0.2, 0.25) is 10.0 Å². The van der Waals surface area contributed by atoms with Crippen LogP contribution in [0.25, 0.3) is 0 Å². The molecule has 116 valence electrons. The molecule has 0 saturated carbocycles. The van der Waals surface area contributed by atoms with Gasteiger partial charge in [0.15, 0.2) is 11.5 Å². The number of ether oxygens (including phenoxy) is 2. The molecule has 0 amide bonds. The molecule has 2 aliphatic rings. The van der Waals surface area contributed by atoms with E-state index in [9.17, 15) is 8.42 Å². The zero-order valence-electron chi connectivity index (χ0n) is 11.9. The maximum atomic E-state index is 11.5. The zero-order chi connectivity index (χ0) is 15.0. The van der Waals surface area contributed by atoms with Crippen LogP contribution in [0.1, 0.15) is 0 Å². The Balaban J connectivity index is 1.79. The van der Waals surface area contributed by atoms with Crippen LogP contribution in [-0.2, 0) is 10.0 Å². The van der Waals surface area contributed by atoms with Gasteiger partial charge in [-0.2, -0.15) is 4.31 Å². The molecular weight excluding hydrogens is 294 g/mol. The average Bonchev–Trinajstić information content (AvgIpc) is 2.46. The van der Waals surface area contributed by atoms with E-state index in [1.807, 2.05) is 6.07 Å². The third-order valence-corrected chi connectivity index (χ3v) is 5.04. The van der Waals surface area contributed by atoms with Gasteiger partial charge in [0, 0.05) is 38.3 Å². The molecule has 21 heavy (non-hydrogen) atoms. The van der Waals surface area contributed by atoms with Gasteiger partial charge < -0.3 is 20.1 Å². The molecule has 0 spiro atoms. The van der Waals surface area contributed by atoms with Crippen LogP contribution in [0.2, 0.25) is 0 Å². The first-order chi connectivity index (χ1) is 9.95. The predicted octanol–water partition coefficient (Wildman–Crippen LogP) is 0.122. The number of nitrogen functional groups attached to an aromatic ring is 1. The van der Waals surface area contributed by atoms with E-state index in [-0.39, 0.29) is 0 Å². The summed E-state index contributed by atoms with van der Waals surface area (Å²) < 4.78 is 35.6. The van der Waals surface area contributed by atoms with Crippen LogP contribution < -0.4 is 20.1 Å². The van der Waals surface area contributed by atoms with Crippen molar-refractivity contribution in [1.29, 1.82) is 0 Å². The summed E-state index contributed by atoms with van der Waals surface area (Å²) in [5.74, 6) is 1.35. The number of benzene rings is 1. The number of sulfonamides is 1. The van der Waals surface area contributed by atoms with Crippen LogP contribution in [-0.4, -0.2) is 58.4 Å². The monoisotopic (exact) mass is 313 g/mol. The summed E-state index contributed by atoms with van der Waals surface area (Å²) in [4.78, 5) is 2.08. The van der Waals surface area contributed by atoms with Gasteiger partial charge in [0.05, 0.1) is 17.6 Å². The number of hydrogen-bond donors (Lipinski definition) is 1. The zero-order valence-corrected chi connectivity index (χ0v) is 12.7. The van der Waals surface area contributed by atoms with Gasteiger partial charge in [0.1, 0.15) is 13.2 Å². The molecule has 3 rings (SSSR count). The van der Waals surface area contributed by atoms with Crippen molar-refractivity contribution < 1.29 is 17.9 Å². The van der Waals surface area contributed by atoms with E-state index in [4.69, 9.17) is 15.2 Å². The smallest absolute Gasteiger partial charge is 0.211 e. The van der Waals surface area contributed by atoms with E-state index in [1.165, 1.54) is 10.6 Å². The Morgan fingerprint density at radius 1 is 1.05 bits per heavy atom. The van der Waals surface area contributed by atoms with Crippen LogP contribution in [0.15, 0.2) is 12.1 Å². The average molecular weight is 313 g/mol. The van der Waals surface area contributed by atoms with Crippen LogP contribution in [0.3, 0.4) is 0 Å². The standard InChI is InChI=1S/C13H19N3O4S/c1-21(17,18)16-4-2-15(3-5-16)11-9-13-12(8-10(11)14)19-6-7-20-13/h8-9H,2-7,14H2,1H3. The molecule has 0 radical (unpaired) electrons. The van der Waals surface area contributed by atoms with E-state index < -0.39 is 10.0 Å². The number of fused-ring (bicyclic) bond motifs is 1. The lowest BCUT2D eigenvalue weighted by molar-refractivity contribution is 0.171. The highest BCUT2D eigenvalue weighted by molar-refractivity contribution is 7.88. The van der Waals surface area contributed by atoms with E-state index in [0.29, 0.717) is 56.6 Å². The first kappa shape index (κ1) is 14.3. The Morgan fingerprint density at radius 3 is 2.19 bits per heavy atom. The minimum atomic E-state index is -3.13. The first-order valence-electron chi connectivity index (χ1n) is 6.84. The first-order valence-corrected chi connectivity index (χ1v) is 8.69. The summed E-state index contributed by atoms with van der Waals surface area (Å²) in [5, 5.41) is 0. The van der Waals surface area contributed by atoms with Crippen LogP contribution in [0.4, 0.5) is 11.4 Å². The molecule has 1 aromatic rings. The molecule has 1 aromatic carbocycles. The largest absolute Gasteiger partial charge is 0.486 e. The maximum absolute atomic E-state index is 11.5. The summed E-state index contributed by atoms with van der Waals surface area (Å²) in [7, 11) is -3.13. The lowest BCUT2D eigenvalue weighted by Crippen LogP contribution is -2.48. The van der Waals surface area contributed by atoms with Gasteiger partial charge in [-0.05, 0) is 0 Å². The Bertz CT molecular complexity index is 639. The van der Waals surface area contributed by atoms with E-state index in [1.54, 1.807) is 6.07 Å². The Kier molecular flexibility index (Phi) is 3.58. The van der Waals surface area contributed by atoms with Gasteiger partial charge >= 0.3 is 0 Å². The van der Waals surface area contributed by atoms with Gasteiger partial charge in [-0.1, -0.05) is 0 Å². The number of nitrogens with two attached hydrogens (primary N) is 1. The lowest BCUT2D eigenvalue weighted by Gasteiger charge is -2.35. The van der Waals surface area contributed by atoms with Crippen molar-refractivity contribution in [2.45, 2.75) is 0 Å². The van der Waals surface area contributed by atoms with Crippen LogP contribution in [0, 0.1) is 0 Å². The van der Waals surface area contributed by atoms with Crippen molar-refractivity contribution in [1.82, 2.24) is 4.31 Å². The van der Waals surface area contributed by atoms with Crippen molar-refractivity contribution >= 4 is 21.4 Å². The highest BCUT2D eigenvalue weighted by atomic mass is 32.2. The molecule has 0 unspecified atom stereocenters. The summed E-state index contributed by atoms with van der Waals surface area (Å²) in [6, 6.07) is 3.65. The number of rotatable bonds is 2. The third-order valence-electron chi connectivity index (χ3n) is 3.74. The molecule has 1 fully saturated rings. The molecule has 1 saturated heterocycles.